The van der Waals surface area contributed by atoms with E-state index in [1.165, 1.54) is 19.2 Å². The first-order valence-corrected chi connectivity index (χ1v) is 9.32. The van der Waals surface area contributed by atoms with E-state index in [1.54, 1.807) is 12.4 Å². The molecule has 4 aromatic rings. The predicted octanol–water partition coefficient (Wildman–Crippen LogP) is 3.91. The van der Waals surface area contributed by atoms with Crippen LogP contribution in [0.3, 0.4) is 0 Å². The Morgan fingerprint density at radius 2 is 1.87 bits per heavy atom. The second-order valence-corrected chi connectivity index (χ2v) is 6.69. The molecule has 0 atom stereocenters. The Hall–Kier alpha value is -4.20. The van der Waals surface area contributed by atoms with E-state index in [0.29, 0.717) is 12.2 Å². The van der Waals surface area contributed by atoms with Crippen LogP contribution in [0.2, 0.25) is 0 Å². The van der Waals surface area contributed by atoms with Crippen molar-refractivity contribution in [3.8, 4) is 5.69 Å². The van der Waals surface area contributed by atoms with E-state index in [0.717, 1.165) is 22.3 Å². The molecule has 4 rings (SSSR count). The number of benzene rings is 3. The van der Waals surface area contributed by atoms with Crippen LogP contribution in [0.5, 0.6) is 0 Å². The highest BCUT2D eigenvalue weighted by Gasteiger charge is 2.15. The van der Waals surface area contributed by atoms with Crippen molar-refractivity contribution in [2.75, 3.05) is 12.4 Å². The van der Waals surface area contributed by atoms with Crippen LogP contribution in [0.25, 0.3) is 16.7 Å². The molecular formula is C22H19N5O3. The maximum Gasteiger partial charge on any atom is 0.270 e. The number of aromatic nitrogens is 2. The van der Waals surface area contributed by atoms with Crippen molar-refractivity contribution in [3.05, 3.63) is 94.3 Å². The molecule has 0 bridgehead atoms. The van der Waals surface area contributed by atoms with Gasteiger partial charge in [0.2, 0.25) is 0 Å². The quantitative estimate of drug-likeness (QED) is 0.377. The van der Waals surface area contributed by atoms with E-state index in [1.807, 2.05) is 53.1 Å². The standard InChI is InChI=1S/C22H19N5O3/c1-23-22(28)18-12-17(27(29)30)10-11-19(18)24-13-15-6-8-16(9-7-15)26-14-25-20-4-2-3-5-21(20)26/h2-12,14,24H,13H2,1H3,(H,23,28). The van der Waals surface area contributed by atoms with E-state index >= 15 is 0 Å². The second-order valence-electron chi connectivity index (χ2n) is 6.69. The Morgan fingerprint density at radius 3 is 2.60 bits per heavy atom. The number of hydrogen-bond acceptors (Lipinski definition) is 5. The lowest BCUT2D eigenvalue weighted by Crippen LogP contribution is -2.20. The van der Waals surface area contributed by atoms with Crippen molar-refractivity contribution >= 4 is 28.3 Å². The number of nitro groups is 1. The number of non-ortho nitro benzene ring substituents is 1. The average molecular weight is 401 g/mol. The summed E-state index contributed by atoms with van der Waals surface area (Å²) < 4.78 is 2.02. The lowest BCUT2D eigenvalue weighted by Gasteiger charge is -2.12. The zero-order valence-corrected chi connectivity index (χ0v) is 16.2. The number of rotatable bonds is 6. The lowest BCUT2D eigenvalue weighted by molar-refractivity contribution is -0.384. The molecule has 0 aliphatic carbocycles. The number of fused-ring (bicyclic) bond motifs is 1. The van der Waals surface area contributed by atoms with E-state index < -0.39 is 4.92 Å². The van der Waals surface area contributed by atoms with E-state index in [9.17, 15) is 14.9 Å². The Labute approximate surface area is 172 Å². The third-order valence-electron chi connectivity index (χ3n) is 4.84. The molecule has 0 saturated heterocycles. The molecule has 0 aliphatic rings. The fraction of sp³-hybridized carbons (Fsp3) is 0.0909. The number of imidazole rings is 1. The monoisotopic (exact) mass is 401 g/mol. The minimum Gasteiger partial charge on any atom is -0.380 e. The summed E-state index contributed by atoms with van der Waals surface area (Å²) in [6.07, 6.45) is 1.80. The number of amides is 1. The number of anilines is 1. The summed E-state index contributed by atoms with van der Waals surface area (Å²) in [5.74, 6) is -0.386. The topological polar surface area (TPSA) is 102 Å². The smallest absolute Gasteiger partial charge is 0.270 e. The molecule has 3 aromatic carbocycles. The van der Waals surface area contributed by atoms with Crippen LogP contribution in [0.1, 0.15) is 15.9 Å². The molecule has 2 N–H and O–H groups in total. The van der Waals surface area contributed by atoms with Crippen LogP contribution in [0, 0.1) is 10.1 Å². The van der Waals surface area contributed by atoms with E-state index in [-0.39, 0.29) is 17.2 Å². The second kappa shape index (κ2) is 8.04. The van der Waals surface area contributed by atoms with Gasteiger partial charge in [0.1, 0.15) is 6.33 Å². The zero-order chi connectivity index (χ0) is 21.1. The number of nitrogens with zero attached hydrogens (tertiary/aromatic N) is 3. The van der Waals surface area contributed by atoms with Gasteiger partial charge < -0.3 is 10.6 Å². The van der Waals surface area contributed by atoms with Crippen LogP contribution in [0.15, 0.2) is 73.1 Å². The van der Waals surface area contributed by atoms with E-state index in [4.69, 9.17) is 0 Å². The van der Waals surface area contributed by atoms with Crippen molar-refractivity contribution in [2.45, 2.75) is 6.54 Å². The number of hydrogen-bond donors (Lipinski definition) is 2. The van der Waals surface area contributed by atoms with Gasteiger partial charge in [-0.25, -0.2) is 4.98 Å². The molecule has 0 spiro atoms. The summed E-state index contributed by atoms with van der Waals surface area (Å²) in [5.41, 5.74) is 4.60. The third-order valence-corrected chi connectivity index (χ3v) is 4.84. The van der Waals surface area contributed by atoms with Crippen LogP contribution >= 0.6 is 0 Å². The Balaban J connectivity index is 1.53. The summed E-state index contributed by atoms with van der Waals surface area (Å²) in [4.78, 5) is 27.0. The van der Waals surface area contributed by atoms with Crippen LogP contribution in [-0.2, 0) is 6.54 Å². The maximum atomic E-state index is 12.1. The summed E-state index contributed by atoms with van der Waals surface area (Å²) in [6.45, 7) is 0.465. The first-order valence-electron chi connectivity index (χ1n) is 9.32. The van der Waals surface area contributed by atoms with Crippen LogP contribution < -0.4 is 10.6 Å². The van der Waals surface area contributed by atoms with Crippen molar-refractivity contribution < 1.29 is 9.72 Å². The fourth-order valence-corrected chi connectivity index (χ4v) is 3.26. The molecule has 30 heavy (non-hydrogen) atoms. The first-order chi connectivity index (χ1) is 14.6. The summed E-state index contributed by atoms with van der Waals surface area (Å²) in [6, 6.07) is 20.1. The number of nitro benzene ring substituents is 1. The largest absolute Gasteiger partial charge is 0.380 e. The van der Waals surface area contributed by atoms with Gasteiger partial charge in [-0.05, 0) is 35.9 Å². The molecule has 0 fully saturated rings. The Kier molecular flexibility index (Phi) is 5.13. The molecule has 8 heteroatoms. The molecule has 0 saturated carbocycles. The van der Waals surface area contributed by atoms with Gasteiger partial charge in [0.15, 0.2) is 0 Å². The Bertz CT molecular complexity index is 1230. The summed E-state index contributed by atoms with van der Waals surface area (Å²) >= 11 is 0. The van der Waals surface area contributed by atoms with Gasteiger partial charge in [0.25, 0.3) is 11.6 Å². The number of carbonyl (C=O) groups is 1. The molecule has 1 heterocycles. The van der Waals surface area contributed by atoms with Crippen molar-refractivity contribution in [1.29, 1.82) is 0 Å². The molecule has 150 valence electrons. The summed E-state index contributed by atoms with van der Waals surface area (Å²) in [7, 11) is 1.49. The van der Waals surface area contributed by atoms with Gasteiger partial charge in [-0.15, -0.1) is 0 Å². The van der Waals surface area contributed by atoms with Gasteiger partial charge in [0.05, 0.1) is 21.5 Å². The maximum absolute atomic E-state index is 12.1. The first kappa shape index (κ1) is 19.1. The van der Waals surface area contributed by atoms with Gasteiger partial charge in [0, 0.05) is 37.1 Å². The molecular weight excluding hydrogens is 382 g/mol. The molecule has 0 unspecified atom stereocenters. The molecule has 8 nitrogen and oxygen atoms in total. The highest BCUT2D eigenvalue weighted by atomic mass is 16.6. The number of para-hydroxylation sites is 2. The van der Waals surface area contributed by atoms with Gasteiger partial charge in [-0.3, -0.25) is 19.5 Å². The average Bonchev–Trinajstić information content (AvgIpc) is 3.21. The minimum atomic E-state index is -0.519. The minimum absolute atomic E-state index is 0.129. The molecule has 1 aromatic heterocycles. The fourth-order valence-electron chi connectivity index (χ4n) is 3.26. The lowest BCUT2D eigenvalue weighted by atomic mass is 10.1. The molecule has 0 radical (unpaired) electrons. The molecule has 1 amide bonds. The number of nitrogens with one attached hydrogen (secondary N) is 2. The van der Waals surface area contributed by atoms with Crippen LogP contribution in [0.4, 0.5) is 11.4 Å². The highest BCUT2D eigenvalue weighted by molar-refractivity contribution is 6.00. The van der Waals surface area contributed by atoms with Crippen LogP contribution in [-0.4, -0.2) is 27.4 Å². The van der Waals surface area contributed by atoms with Gasteiger partial charge in [-0.2, -0.15) is 0 Å². The zero-order valence-electron chi connectivity index (χ0n) is 16.2. The van der Waals surface area contributed by atoms with Crippen molar-refractivity contribution in [3.63, 3.8) is 0 Å². The molecule has 0 aliphatic heterocycles. The Morgan fingerprint density at radius 1 is 1.10 bits per heavy atom. The predicted molar refractivity (Wildman–Crippen MR) is 115 cm³/mol. The SMILES string of the molecule is CNC(=O)c1cc([N+](=O)[O-])ccc1NCc1ccc(-n2cnc3ccccc32)cc1. The third kappa shape index (κ3) is 3.70. The van der Waals surface area contributed by atoms with Gasteiger partial charge >= 0.3 is 0 Å². The summed E-state index contributed by atoms with van der Waals surface area (Å²) in [5, 5.41) is 16.7. The highest BCUT2D eigenvalue weighted by Crippen LogP contribution is 2.23. The number of carbonyl (C=O) groups excluding carboxylic acids is 1. The van der Waals surface area contributed by atoms with Gasteiger partial charge in [-0.1, -0.05) is 24.3 Å². The normalized spacial score (nSPS) is 10.7. The van der Waals surface area contributed by atoms with Crippen molar-refractivity contribution in [2.24, 2.45) is 0 Å². The van der Waals surface area contributed by atoms with E-state index in [2.05, 4.69) is 15.6 Å². The van der Waals surface area contributed by atoms with Crippen molar-refractivity contribution in [1.82, 2.24) is 14.9 Å².